The Kier molecular flexibility index (Phi) is 2.46. The summed E-state index contributed by atoms with van der Waals surface area (Å²) in [5.41, 5.74) is -0.608. The SMILES string of the molecule is BOC(=O)C1(ON2C(=O)c3ccccc3C2=O)CC1. The van der Waals surface area contributed by atoms with Gasteiger partial charge in [0.25, 0.3) is 11.8 Å². The van der Waals surface area contributed by atoms with Crippen LogP contribution in [0, 0.1) is 0 Å². The molecule has 1 aromatic carbocycles. The van der Waals surface area contributed by atoms with Gasteiger partial charge in [-0.3, -0.25) is 14.4 Å². The number of hydrogen-bond donors (Lipinski definition) is 0. The molecule has 1 aliphatic heterocycles. The number of carbonyl (C=O) groups is 3. The third kappa shape index (κ3) is 1.66. The van der Waals surface area contributed by atoms with Crippen molar-refractivity contribution in [1.29, 1.82) is 0 Å². The Morgan fingerprint density at radius 3 is 2.11 bits per heavy atom. The summed E-state index contributed by atoms with van der Waals surface area (Å²) in [5, 5.41) is 0.661. The third-order valence-electron chi connectivity index (χ3n) is 3.28. The van der Waals surface area contributed by atoms with Crippen LogP contribution in [0.25, 0.3) is 0 Å². The van der Waals surface area contributed by atoms with Gasteiger partial charge in [0.15, 0.2) is 5.60 Å². The second kappa shape index (κ2) is 3.93. The summed E-state index contributed by atoms with van der Waals surface area (Å²) in [4.78, 5) is 41.0. The van der Waals surface area contributed by atoms with E-state index in [1.165, 1.54) is 8.05 Å². The van der Waals surface area contributed by atoms with Gasteiger partial charge in [-0.25, -0.2) is 4.84 Å². The van der Waals surface area contributed by atoms with Crippen molar-refractivity contribution in [3.63, 3.8) is 0 Å². The lowest BCUT2D eigenvalue weighted by Gasteiger charge is -2.20. The summed E-state index contributed by atoms with van der Waals surface area (Å²) >= 11 is 0. The van der Waals surface area contributed by atoms with E-state index >= 15 is 0 Å². The van der Waals surface area contributed by atoms with E-state index in [2.05, 4.69) is 4.65 Å². The molecule has 96 valence electrons. The molecule has 1 aromatic rings. The van der Waals surface area contributed by atoms with Crippen molar-refractivity contribution >= 4 is 25.8 Å². The van der Waals surface area contributed by atoms with Gasteiger partial charge in [0, 0.05) is 0 Å². The van der Waals surface area contributed by atoms with E-state index in [1.807, 2.05) is 0 Å². The minimum atomic E-state index is -1.18. The molecule has 7 heteroatoms. The van der Waals surface area contributed by atoms with Crippen LogP contribution in [0.3, 0.4) is 0 Å². The molecule has 2 amide bonds. The van der Waals surface area contributed by atoms with Crippen molar-refractivity contribution in [2.45, 2.75) is 18.4 Å². The molecule has 0 atom stereocenters. The lowest BCUT2D eigenvalue weighted by Crippen LogP contribution is -2.40. The second-order valence-electron chi connectivity index (χ2n) is 4.53. The van der Waals surface area contributed by atoms with Crippen molar-refractivity contribution in [3.8, 4) is 0 Å². The van der Waals surface area contributed by atoms with Gasteiger partial charge in [0.05, 0.1) is 11.1 Å². The Hall–Kier alpha value is -2.15. The number of hydrogen-bond acceptors (Lipinski definition) is 5. The molecule has 0 aromatic heterocycles. The van der Waals surface area contributed by atoms with E-state index in [4.69, 9.17) is 4.84 Å². The molecule has 1 heterocycles. The average molecular weight is 259 g/mol. The van der Waals surface area contributed by atoms with E-state index in [9.17, 15) is 14.4 Å². The monoisotopic (exact) mass is 259 g/mol. The van der Waals surface area contributed by atoms with Crippen LogP contribution in [0.15, 0.2) is 24.3 Å². The lowest BCUT2D eigenvalue weighted by atomic mass is 10.1. The lowest BCUT2D eigenvalue weighted by molar-refractivity contribution is -0.179. The maximum absolute atomic E-state index is 12.1. The fourth-order valence-electron chi connectivity index (χ4n) is 2.06. The number of fused-ring (bicyclic) bond motifs is 1. The molecule has 0 saturated heterocycles. The quantitative estimate of drug-likeness (QED) is 0.557. The van der Waals surface area contributed by atoms with Gasteiger partial charge in [-0.1, -0.05) is 12.1 Å². The molecule has 0 N–H and O–H groups in total. The molecule has 6 nitrogen and oxygen atoms in total. The highest BCUT2D eigenvalue weighted by molar-refractivity contribution is 6.20. The van der Waals surface area contributed by atoms with Gasteiger partial charge in [0.2, 0.25) is 0 Å². The van der Waals surface area contributed by atoms with Gasteiger partial charge < -0.3 is 4.65 Å². The summed E-state index contributed by atoms with van der Waals surface area (Å²) in [6, 6.07) is 6.44. The molecular formula is C12H10BNO5. The Balaban J connectivity index is 1.87. The summed E-state index contributed by atoms with van der Waals surface area (Å²) in [5.74, 6) is -1.66. The van der Waals surface area contributed by atoms with Gasteiger partial charge in [0.1, 0.15) is 0 Å². The van der Waals surface area contributed by atoms with Crippen molar-refractivity contribution in [2.24, 2.45) is 0 Å². The van der Waals surface area contributed by atoms with Crippen molar-refractivity contribution < 1.29 is 23.9 Å². The summed E-state index contributed by atoms with van der Waals surface area (Å²) in [7, 11) is 1.24. The van der Waals surface area contributed by atoms with E-state index in [0.29, 0.717) is 17.9 Å². The first-order valence-corrected chi connectivity index (χ1v) is 5.84. The molecule has 0 bridgehead atoms. The highest BCUT2D eigenvalue weighted by Crippen LogP contribution is 2.42. The Bertz CT molecular complexity index is 561. The van der Waals surface area contributed by atoms with E-state index in [-0.39, 0.29) is 11.1 Å². The van der Waals surface area contributed by atoms with Crippen molar-refractivity contribution in [3.05, 3.63) is 35.4 Å². The first-order chi connectivity index (χ1) is 9.09. The smallest absolute Gasteiger partial charge is 0.326 e. The number of nitrogens with zero attached hydrogens (tertiary/aromatic N) is 1. The summed E-state index contributed by atoms with van der Waals surface area (Å²) in [6.07, 6.45) is 0.875. The van der Waals surface area contributed by atoms with E-state index in [0.717, 1.165) is 0 Å². The number of hydroxylamine groups is 2. The van der Waals surface area contributed by atoms with Crippen LogP contribution in [0.4, 0.5) is 0 Å². The third-order valence-corrected chi connectivity index (χ3v) is 3.28. The van der Waals surface area contributed by atoms with Crippen molar-refractivity contribution in [2.75, 3.05) is 0 Å². The van der Waals surface area contributed by atoms with Gasteiger partial charge in [-0.2, -0.15) is 0 Å². The normalized spacial score (nSPS) is 19.3. The first-order valence-electron chi connectivity index (χ1n) is 5.84. The van der Waals surface area contributed by atoms with Crippen LogP contribution in [0.1, 0.15) is 33.6 Å². The zero-order chi connectivity index (χ0) is 13.6. The molecule has 1 fully saturated rings. The topological polar surface area (TPSA) is 72.9 Å². The molecule has 0 radical (unpaired) electrons. The molecule has 0 spiro atoms. The van der Waals surface area contributed by atoms with Crippen molar-refractivity contribution in [1.82, 2.24) is 5.06 Å². The molecule has 1 aliphatic carbocycles. The predicted octanol–water partition coefficient (Wildman–Crippen LogP) is -0.162. The largest absolute Gasteiger partial charge is 0.541 e. The van der Waals surface area contributed by atoms with Gasteiger partial charge in [-0.05, 0) is 25.0 Å². The molecule has 19 heavy (non-hydrogen) atoms. The fourth-order valence-corrected chi connectivity index (χ4v) is 2.06. The number of rotatable bonds is 3. The predicted molar refractivity (Wildman–Crippen MR) is 64.6 cm³/mol. The Morgan fingerprint density at radius 1 is 1.16 bits per heavy atom. The Morgan fingerprint density at radius 2 is 1.68 bits per heavy atom. The maximum atomic E-state index is 12.1. The fraction of sp³-hybridized carbons (Fsp3) is 0.250. The van der Waals surface area contributed by atoms with E-state index in [1.54, 1.807) is 24.3 Å². The number of carbonyl (C=O) groups excluding carboxylic acids is 3. The van der Waals surface area contributed by atoms with Crippen LogP contribution in [0.2, 0.25) is 0 Å². The van der Waals surface area contributed by atoms with Crippen LogP contribution >= 0.6 is 0 Å². The minimum absolute atomic E-state index is 0.285. The second-order valence-corrected chi connectivity index (χ2v) is 4.53. The molecular weight excluding hydrogens is 249 g/mol. The summed E-state index contributed by atoms with van der Waals surface area (Å²) < 4.78 is 4.62. The standard InChI is InChI=1S/C12H10BNO5/c13-18-11(17)12(5-6-12)19-14-9(15)7-3-1-2-4-8(7)10(14)16/h1-4H,5-6,13H2. The number of amides is 2. The Labute approximate surface area is 109 Å². The van der Waals surface area contributed by atoms with Gasteiger partial charge >= 0.3 is 14.0 Å². The molecule has 0 unspecified atom stereocenters. The zero-order valence-corrected chi connectivity index (χ0v) is 10.2. The highest BCUT2D eigenvalue weighted by Gasteiger charge is 2.57. The van der Waals surface area contributed by atoms with Gasteiger partial charge in [-0.15, -0.1) is 5.06 Å². The van der Waals surface area contributed by atoms with Crippen LogP contribution in [-0.2, 0) is 14.3 Å². The number of imide groups is 1. The van der Waals surface area contributed by atoms with E-state index < -0.39 is 23.4 Å². The zero-order valence-electron chi connectivity index (χ0n) is 10.2. The highest BCUT2D eigenvalue weighted by atomic mass is 16.7. The molecule has 3 rings (SSSR count). The molecule has 1 saturated carbocycles. The number of benzene rings is 1. The minimum Gasteiger partial charge on any atom is -0.541 e. The van der Waals surface area contributed by atoms with Crippen LogP contribution in [0.5, 0.6) is 0 Å². The van der Waals surface area contributed by atoms with Crippen LogP contribution < -0.4 is 0 Å². The first kappa shape index (κ1) is 11.9. The van der Waals surface area contributed by atoms with Crippen LogP contribution in [-0.4, -0.2) is 36.5 Å². The average Bonchev–Trinajstić information content (AvgIpc) is 3.19. The molecule has 2 aliphatic rings. The summed E-state index contributed by atoms with van der Waals surface area (Å²) in [6.45, 7) is 0. The maximum Gasteiger partial charge on any atom is 0.326 e.